The molecule has 160 valence electrons. The van der Waals surface area contributed by atoms with Crippen molar-refractivity contribution >= 4 is 5.91 Å². The van der Waals surface area contributed by atoms with Crippen molar-refractivity contribution in [3.8, 4) is 5.75 Å². The molecule has 0 radical (unpaired) electrons. The zero-order chi connectivity index (χ0) is 20.1. The van der Waals surface area contributed by atoms with E-state index in [0.29, 0.717) is 19.1 Å². The van der Waals surface area contributed by atoms with Crippen LogP contribution in [0.25, 0.3) is 0 Å². The monoisotopic (exact) mass is 401 g/mol. The highest BCUT2D eigenvalue weighted by atomic mass is 16.7. The molecule has 5 heteroatoms. The number of hydrogen-bond donors (Lipinski definition) is 0. The van der Waals surface area contributed by atoms with Gasteiger partial charge in [0.25, 0.3) is 0 Å². The predicted molar refractivity (Wildman–Crippen MR) is 112 cm³/mol. The van der Waals surface area contributed by atoms with E-state index in [4.69, 9.17) is 14.2 Å². The van der Waals surface area contributed by atoms with E-state index >= 15 is 0 Å². The van der Waals surface area contributed by atoms with Crippen molar-refractivity contribution in [2.75, 3.05) is 32.9 Å². The van der Waals surface area contributed by atoms with Crippen LogP contribution in [0.4, 0.5) is 0 Å². The lowest BCUT2D eigenvalue weighted by Gasteiger charge is -2.33. The number of piperidine rings is 1. The Balaban J connectivity index is 1.43. The molecule has 5 nitrogen and oxygen atoms in total. The second-order valence-electron chi connectivity index (χ2n) is 8.62. The summed E-state index contributed by atoms with van der Waals surface area (Å²) in [6, 6.07) is 4.61. The van der Waals surface area contributed by atoms with Crippen LogP contribution in [0.3, 0.4) is 0 Å². The fourth-order valence-corrected chi connectivity index (χ4v) is 4.98. The largest absolute Gasteiger partial charge is 0.491 e. The molecule has 1 amide bonds. The summed E-state index contributed by atoms with van der Waals surface area (Å²) in [5.74, 6) is 1.76. The molecule has 3 aliphatic rings. The van der Waals surface area contributed by atoms with E-state index in [1.165, 1.54) is 36.0 Å². The van der Waals surface area contributed by atoms with Crippen LogP contribution in [0.2, 0.25) is 0 Å². The summed E-state index contributed by atoms with van der Waals surface area (Å²) in [7, 11) is 0. The summed E-state index contributed by atoms with van der Waals surface area (Å²) in [5, 5.41) is 0. The van der Waals surface area contributed by atoms with Crippen LogP contribution >= 0.6 is 0 Å². The van der Waals surface area contributed by atoms with Crippen LogP contribution in [-0.4, -0.2) is 50.0 Å². The summed E-state index contributed by atoms with van der Waals surface area (Å²) in [4.78, 5) is 13.6. The van der Waals surface area contributed by atoms with Gasteiger partial charge in [0.05, 0.1) is 6.61 Å². The number of benzene rings is 1. The van der Waals surface area contributed by atoms with Crippen molar-refractivity contribution in [3.63, 3.8) is 0 Å². The van der Waals surface area contributed by atoms with Gasteiger partial charge < -0.3 is 19.1 Å². The molecule has 2 saturated heterocycles. The van der Waals surface area contributed by atoms with Crippen molar-refractivity contribution in [1.29, 1.82) is 0 Å². The fourth-order valence-electron chi connectivity index (χ4n) is 4.98. The van der Waals surface area contributed by atoms with Crippen LogP contribution < -0.4 is 4.74 Å². The number of hydrogen-bond acceptors (Lipinski definition) is 4. The summed E-state index contributed by atoms with van der Waals surface area (Å²) in [5.41, 5.74) is 4.20. The van der Waals surface area contributed by atoms with Gasteiger partial charge in [-0.3, -0.25) is 4.79 Å². The maximum absolute atomic E-state index is 11.7. The highest BCUT2D eigenvalue weighted by molar-refractivity contribution is 5.73. The third-order valence-electron chi connectivity index (χ3n) is 6.66. The highest BCUT2D eigenvalue weighted by Crippen LogP contribution is 2.40. The summed E-state index contributed by atoms with van der Waals surface area (Å²) in [6.07, 6.45) is 10.0. The molecule has 0 aromatic heterocycles. The Morgan fingerprint density at radius 3 is 2.66 bits per heavy atom. The Morgan fingerprint density at radius 2 is 1.90 bits per heavy atom. The SMILES string of the molecule is CC(=O)N1CCC(c2ccc3c(c2OCCOC2CCCCO2)CCCC3)CC1. The van der Waals surface area contributed by atoms with Crippen molar-refractivity contribution in [2.24, 2.45) is 0 Å². The van der Waals surface area contributed by atoms with Gasteiger partial charge >= 0.3 is 0 Å². The summed E-state index contributed by atoms with van der Waals surface area (Å²) >= 11 is 0. The second-order valence-corrected chi connectivity index (χ2v) is 8.62. The molecule has 1 unspecified atom stereocenters. The van der Waals surface area contributed by atoms with Crippen molar-refractivity contribution in [2.45, 2.75) is 76.9 Å². The van der Waals surface area contributed by atoms with Gasteiger partial charge in [0.15, 0.2) is 6.29 Å². The molecule has 1 atom stereocenters. The first-order valence-corrected chi connectivity index (χ1v) is 11.5. The van der Waals surface area contributed by atoms with Crippen molar-refractivity contribution < 1.29 is 19.0 Å². The number of nitrogens with zero attached hydrogens (tertiary/aromatic N) is 1. The molecular formula is C24H35NO4. The molecular weight excluding hydrogens is 366 g/mol. The molecule has 2 aliphatic heterocycles. The van der Waals surface area contributed by atoms with Crippen LogP contribution in [0.1, 0.15) is 74.5 Å². The predicted octanol–water partition coefficient (Wildman–Crippen LogP) is 4.21. The van der Waals surface area contributed by atoms with Crippen molar-refractivity contribution in [3.05, 3.63) is 28.8 Å². The maximum atomic E-state index is 11.7. The lowest BCUT2D eigenvalue weighted by molar-refractivity contribution is -0.165. The first-order chi connectivity index (χ1) is 14.2. The molecule has 0 bridgehead atoms. The van der Waals surface area contributed by atoms with Crippen LogP contribution in [-0.2, 0) is 27.1 Å². The van der Waals surface area contributed by atoms with Gasteiger partial charge in [-0.05, 0) is 80.4 Å². The fraction of sp³-hybridized carbons (Fsp3) is 0.708. The molecule has 0 saturated carbocycles. The number of carbonyl (C=O) groups excluding carboxylic acids is 1. The molecule has 0 N–H and O–H groups in total. The van der Waals surface area contributed by atoms with Gasteiger partial charge in [-0.15, -0.1) is 0 Å². The minimum atomic E-state index is -0.0626. The minimum absolute atomic E-state index is 0.0626. The highest BCUT2D eigenvalue weighted by Gasteiger charge is 2.27. The minimum Gasteiger partial charge on any atom is -0.491 e. The Labute approximate surface area is 174 Å². The van der Waals surface area contributed by atoms with Crippen molar-refractivity contribution in [1.82, 2.24) is 4.90 Å². The van der Waals surface area contributed by atoms with Crippen LogP contribution in [0.5, 0.6) is 5.75 Å². The number of aryl methyl sites for hydroxylation is 1. The first-order valence-electron chi connectivity index (χ1n) is 11.5. The zero-order valence-electron chi connectivity index (χ0n) is 17.8. The maximum Gasteiger partial charge on any atom is 0.219 e. The van der Waals surface area contributed by atoms with Gasteiger partial charge in [-0.25, -0.2) is 0 Å². The zero-order valence-corrected chi connectivity index (χ0v) is 17.8. The molecule has 1 aromatic rings. The molecule has 4 rings (SSSR count). The average molecular weight is 402 g/mol. The lowest BCUT2D eigenvalue weighted by Crippen LogP contribution is -2.36. The number of likely N-dealkylation sites (tertiary alicyclic amines) is 1. The third kappa shape index (κ3) is 5.13. The summed E-state index contributed by atoms with van der Waals surface area (Å²) < 4.78 is 17.9. The molecule has 2 fully saturated rings. The van der Waals surface area contributed by atoms with Gasteiger partial charge in [0.2, 0.25) is 5.91 Å². The molecule has 1 aromatic carbocycles. The molecule has 1 aliphatic carbocycles. The van der Waals surface area contributed by atoms with E-state index in [9.17, 15) is 4.79 Å². The topological polar surface area (TPSA) is 48.0 Å². The van der Waals surface area contributed by atoms with Gasteiger partial charge in [-0.1, -0.05) is 12.1 Å². The second kappa shape index (κ2) is 9.94. The number of ether oxygens (including phenoxy) is 3. The Bertz CT molecular complexity index is 690. The number of carbonyl (C=O) groups is 1. The van der Waals surface area contributed by atoms with E-state index in [-0.39, 0.29) is 12.2 Å². The van der Waals surface area contributed by atoms with E-state index in [0.717, 1.165) is 64.0 Å². The quantitative estimate of drug-likeness (QED) is 0.670. The van der Waals surface area contributed by atoms with Crippen LogP contribution in [0, 0.1) is 0 Å². The van der Waals surface area contributed by atoms with E-state index < -0.39 is 0 Å². The molecule has 0 spiro atoms. The first kappa shape index (κ1) is 20.7. The van der Waals surface area contributed by atoms with Crippen LogP contribution in [0.15, 0.2) is 12.1 Å². The Kier molecular flexibility index (Phi) is 7.09. The van der Waals surface area contributed by atoms with E-state index in [1.54, 1.807) is 6.92 Å². The lowest BCUT2D eigenvalue weighted by atomic mass is 9.83. The average Bonchev–Trinajstić information content (AvgIpc) is 2.77. The smallest absolute Gasteiger partial charge is 0.219 e. The number of amides is 1. The van der Waals surface area contributed by atoms with Gasteiger partial charge in [0.1, 0.15) is 12.4 Å². The van der Waals surface area contributed by atoms with Gasteiger partial charge in [-0.2, -0.15) is 0 Å². The number of rotatable bonds is 6. The number of fused-ring (bicyclic) bond motifs is 1. The molecule has 29 heavy (non-hydrogen) atoms. The Morgan fingerprint density at radius 1 is 1.07 bits per heavy atom. The normalized spacial score (nSPS) is 22.9. The summed E-state index contributed by atoms with van der Waals surface area (Å²) in [6.45, 7) is 5.30. The van der Waals surface area contributed by atoms with E-state index in [1.807, 2.05) is 4.90 Å². The Hall–Kier alpha value is -1.59. The van der Waals surface area contributed by atoms with Gasteiger partial charge in [0, 0.05) is 26.6 Å². The third-order valence-corrected chi connectivity index (χ3v) is 6.66. The standard InChI is InChI=1S/C24H35NO4/c1-18(26)25-13-11-20(12-14-25)22-10-9-19-6-2-3-7-21(19)24(22)29-17-16-28-23-8-4-5-15-27-23/h9-10,20,23H,2-8,11-17H2,1H3. The van der Waals surface area contributed by atoms with E-state index in [2.05, 4.69) is 12.1 Å². The molecule has 2 heterocycles.